The van der Waals surface area contributed by atoms with Crippen molar-refractivity contribution in [2.24, 2.45) is 0 Å². The number of aryl methyl sites for hydroxylation is 1. The minimum atomic E-state index is -0.00384. The molecular formula is C19H19N5O2. The lowest BCUT2D eigenvalue weighted by molar-refractivity contribution is 0.414. The standard InChI is InChI=1S/C19H19N5O2/c1-11-15(7-8-17-16(11)10-20-22-17)18-23-24-19(26-18)21-12(2)13-5-4-6-14(9-13)25-3/h4-10,12H,1-3H3,(H,20,22)(H,21,24)/t12-/m1/s1. The maximum Gasteiger partial charge on any atom is 0.316 e. The lowest BCUT2D eigenvalue weighted by Gasteiger charge is -2.13. The van der Waals surface area contributed by atoms with Crippen LogP contribution >= 0.6 is 0 Å². The molecule has 0 radical (unpaired) electrons. The van der Waals surface area contributed by atoms with Gasteiger partial charge in [-0.05, 0) is 49.2 Å². The summed E-state index contributed by atoms with van der Waals surface area (Å²) >= 11 is 0. The average Bonchev–Trinajstić information content (AvgIpc) is 3.32. The van der Waals surface area contributed by atoms with Gasteiger partial charge < -0.3 is 14.5 Å². The first-order valence-electron chi connectivity index (χ1n) is 8.33. The van der Waals surface area contributed by atoms with Gasteiger partial charge >= 0.3 is 6.01 Å². The second kappa shape index (κ2) is 6.51. The normalized spacial score (nSPS) is 12.3. The third kappa shape index (κ3) is 2.88. The van der Waals surface area contributed by atoms with Crippen molar-refractivity contribution in [1.82, 2.24) is 20.4 Å². The highest BCUT2D eigenvalue weighted by molar-refractivity contribution is 5.87. The molecule has 0 fully saturated rings. The molecule has 0 spiro atoms. The van der Waals surface area contributed by atoms with Crippen LogP contribution in [-0.4, -0.2) is 27.5 Å². The van der Waals surface area contributed by atoms with E-state index in [9.17, 15) is 0 Å². The van der Waals surface area contributed by atoms with Gasteiger partial charge in [0.25, 0.3) is 0 Å². The van der Waals surface area contributed by atoms with Crippen molar-refractivity contribution in [2.75, 3.05) is 12.4 Å². The number of benzene rings is 2. The third-order valence-electron chi connectivity index (χ3n) is 4.48. The van der Waals surface area contributed by atoms with Crippen molar-refractivity contribution < 1.29 is 9.15 Å². The molecule has 7 heteroatoms. The fourth-order valence-electron chi connectivity index (χ4n) is 2.96. The first kappa shape index (κ1) is 16.1. The number of H-pyrrole nitrogens is 1. The van der Waals surface area contributed by atoms with Crippen LogP contribution in [0.3, 0.4) is 0 Å². The molecule has 0 saturated heterocycles. The number of ether oxygens (including phenoxy) is 1. The van der Waals surface area contributed by atoms with E-state index in [2.05, 4.69) is 25.7 Å². The SMILES string of the molecule is COc1cccc([C@@H](C)Nc2nnc(-c3ccc4[nH]ncc4c3C)o2)c1. The summed E-state index contributed by atoms with van der Waals surface area (Å²) in [6, 6.07) is 12.2. The number of aromatic amines is 1. The highest BCUT2D eigenvalue weighted by Crippen LogP contribution is 2.29. The van der Waals surface area contributed by atoms with E-state index in [1.807, 2.05) is 50.2 Å². The van der Waals surface area contributed by atoms with Crippen molar-refractivity contribution in [3.05, 3.63) is 53.7 Å². The zero-order chi connectivity index (χ0) is 18.1. The zero-order valence-corrected chi connectivity index (χ0v) is 14.8. The van der Waals surface area contributed by atoms with E-state index >= 15 is 0 Å². The van der Waals surface area contributed by atoms with Crippen LogP contribution in [0.1, 0.15) is 24.1 Å². The number of methoxy groups -OCH3 is 1. The molecule has 0 aliphatic carbocycles. The fraction of sp³-hybridized carbons (Fsp3) is 0.211. The van der Waals surface area contributed by atoms with Crippen LogP contribution in [0.25, 0.3) is 22.4 Å². The van der Waals surface area contributed by atoms with Gasteiger partial charge in [-0.25, -0.2) is 0 Å². The molecule has 0 bridgehead atoms. The quantitative estimate of drug-likeness (QED) is 0.564. The molecule has 132 valence electrons. The lowest BCUT2D eigenvalue weighted by atomic mass is 10.1. The first-order valence-corrected chi connectivity index (χ1v) is 8.33. The molecule has 2 aromatic heterocycles. The Kier molecular flexibility index (Phi) is 4.04. The molecular weight excluding hydrogens is 330 g/mol. The van der Waals surface area contributed by atoms with E-state index in [0.717, 1.165) is 33.3 Å². The monoisotopic (exact) mass is 349 g/mol. The Balaban J connectivity index is 1.58. The van der Waals surface area contributed by atoms with E-state index in [-0.39, 0.29) is 6.04 Å². The minimum absolute atomic E-state index is 0.00384. The Labute approximate surface area is 150 Å². The van der Waals surface area contributed by atoms with E-state index in [4.69, 9.17) is 9.15 Å². The van der Waals surface area contributed by atoms with Crippen molar-refractivity contribution in [3.63, 3.8) is 0 Å². The number of aromatic nitrogens is 4. The van der Waals surface area contributed by atoms with Gasteiger partial charge in [-0.15, -0.1) is 5.10 Å². The van der Waals surface area contributed by atoms with Crippen LogP contribution in [0.15, 0.2) is 47.0 Å². The summed E-state index contributed by atoms with van der Waals surface area (Å²) in [7, 11) is 1.65. The van der Waals surface area contributed by atoms with Crippen LogP contribution in [0.4, 0.5) is 6.01 Å². The molecule has 2 heterocycles. The van der Waals surface area contributed by atoms with Gasteiger partial charge in [0.15, 0.2) is 0 Å². The molecule has 4 aromatic rings. The molecule has 0 saturated carbocycles. The average molecular weight is 349 g/mol. The Hall–Kier alpha value is -3.35. The second-order valence-corrected chi connectivity index (χ2v) is 6.12. The summed E-state index contributed by atoms with van der Waals surface area (Å²) in [5.74, 6) is 1.29. The Morgan fingerprint density at radius 3 is 2.92 bits per heavy atom. The van der Waals surface area contributed by atoms with E-state index in [0.29, 0.717) is 11.9 Å². The number of nitrogens with zero attached hydrogens (tertiary/aromatic N) is 3. The molecule has 0 aliphatic rings. The summed E-state index contributed by atoms with van der Waals surface area (Å²) < 4.78 is 11.1. The number of anilines is 1. The van der Waals surface area contributed by atoms with Gasteiger partial charge in [-0.1, -0.05) is 17.2 Å². The molecule has 2 N–H and O–H groups in total. The number of nitrogens with one attached hydrogen (secondary N) is 2. The lowest BCUT2D eigenvalue weighted by Crippen LogP contribution is -2.06. The van der Waals surface area contributed by atoms with Gasteiger partial charge in [-0.2, -0.15) is 5.10 Å². The van der Waals surface area contributed by atoms with Crippen LogP contribution in [0.2, 0.25) is 0 Å². The largest absolute Gasteiger partial charge is 0.497 e. The molecule has 7 nitrogen and oxygen atoms in total. The molecule has 0 amide bonds. The summed E-state index contributed by atoms with van der Waals surface area (Å²) in [4.78, 5) is 0. The fourth-order valence-corrected chi connectivity index (χ4v) is 2.96. The van der Waals surface area contributed by atoms with Gasteiger partial charge in [0.05, 0.1) is 24.9 Å². The van der Waals surface area contributed by atoms with E-state index in [1.165, 1.54) is 0 Å². The minimum Gasteiger partial charge on any atom is -0.497 e. The van der Waals surface area contributed by atoms with Gasteiger partial charge in [0.2, 0.25) is 5.89 Å². The summed E-state index contributed by atoms with van der Waals surface area (Å²) in [5, 5.41) is 19.6. The third-order valence-corrected chi connectivity index (χ3v) is 4.48. The Morgan fingerprint density at radius 2 is 2.08 bits per heavy atom. The molecule has 4 rings (SSSR count). The number of hydrogen-bond acceptors (Lipinski definition) is 6. The van der Waals surface area contributed by atoms with Crippen LogP contribution in [-0.2, 0) is 0 Å². The topological polar surface area (TPSA) is 88.9 Å². The van der Waals surface area contributed by atoms with Crippen LogP contribution in [0, 0.1) is 6.92 Å². The van der Waals surface area contributed by atoms with Gasteiger partial charge in [-0.3, -0.25) is 5.10 Å². The maximum atomic E-state index is 5.83. The number of hydrogen-bond donors (Lipinski definition) is 2. The molecule has 0 aliphatic heterocycles. The molecule has 26 heavy (non-hydrogen) atoms. The molecule has 0 unspecified atom stereocenters. The summed E-state index contributed by atoms with van der Waals surface area (Å²) in [5.41, 5.74) is 4.00. The van der Waals surface area contributed by atoms with Crippen molar-refractivity contribution in [3.8, 4) is 17.2 Å². The van der Waals surface area contributed by atoms with Crippen molar-refractivity contribution >= 4 is 16.9 Å². The van der Waals surface area contributed by atoms with Crippen molar-refractivity contribution in [2.45, 2.75) is 19.9 Å². The van der Waals surface area contributed by atoms with E-state index in [1.54, 1.807) is 13.3 Å². The number of fused-ring (bicyclic) bond motifs is 1. The predicted molar refractivity (Wildman–Crippen MR) is 99.2 cm³/mol. The van der Waals surface area contributed by atoms with Gasteiger partial charge in [0, 0.05) is 10.9 Å². The van der Waals surface area contributed by atoms with Crippen LogP contribution < -0.4 is 10.1 Å². The van der Waals surface area contributed by atoms with E-state index < -0.39 is 0 Å². The number of rotatable bonds is 5. The van der Waals surface area contributed by atoms with Crippen LogP contribution in [0.5, 0.6) is 5.75 Å². The smallest absolute Gasteiger partial charge is 0.316 e. The van der Waals surface area contributed by atoms with Crippen molar-refractivity contribution in [1.29, 1.82) is 0 Å². The summed E-state index contributed by atoms with van der Waals surface area (Å²) in [6.07, 6.45) is 1.80. The van der Waals surface area contributed by atoms with Gasteiger partial charge in [0.1, 0.15) is 5.75 Å². The molecule has 2 aromatic carbocycles. The summed E-state index contributed by atoms with van der Waals surface area (Å²) in [6.45, 7) is 4.05. The zero-order valence-electron chi connectivity index (χ0n) is 14.8. The second-order valence-electron chi connectivity index (χ2n) is 6.12. The highest BCUT2D eigenvalue weighted by atomic mass is 16.5. The first-order chi connectivity index (χ1) is 12.7. The Bertz CT molecular complexity index is 1050. The Morgan fingerprint density at radius 1 is 1.19 bits per heavy atom. The predicted octanol–water partition coefficient (Wildman–Crippen LogP) is 4.10. The maximum absolute atomic E-state index is 5.83. The molecule has 1 atom stereocenters. The highest BCUT2D eigenvalue weighted by Gasteiger charge is 2.15.